The summed E-state index contributed by atoms with van der Waals surface area (Å²) in [5.41, 5.74) is 0.538. The number of hydrogen-bond donors (Lipinski definition) is 2. The number of nitrogens with one attached hydrogen (secondary N) is 2. The minimum absolute atomic E-state index is 0.184. The minimum atomic E-state index is -0.825. The average Bonchev–Trinajstić information content (AvgIpc) is 2.49. The number of benzene rings is 1. The van der Waals surface area contributed by atoms with E-state index in [0.717, 1.165) is 5.56 Å². The van der Waals surface area contributed by atoms with Gasteiger partial charge in [0.05, 0.1) is 6.07 Å². The summed E-state index contributed by atoms with van der Waals surface area (Å²) in [6.45, 7) is 1.77. The van der Waals surface area contributed by atoms with Gasteiger partial charge in [0.1, 0.15) is 5.54 Å². The Morgan fingerprint density at radius 1 is 1.43 bits per heavy atom. The van der Waals surface area contributed by atoms with Gasteiger partial charge >= 0.3 is 0 Å². The second kappa shape index (κ2) is 6.57. The van der Waals surface area contributed by atoms with Crippen LogP contribution >= 0.6 is 11.8 Å². The zero-order valence-electron chi connectivity index (χ0n) is 11.9. The molecule has 0 bridgehead atoms. The molecule has 0 saturated carbocycles. The van der Waals surface area contributed by atoms with E-state index in [1.165, 1.54) is 17.8 Å². The molecule has 0 radical (unpaired) electrons. The molecule has 6 heteroatoms. The third-order valence-corrected chi connectivity index (χ3v) is 4.20. The van der Waals surface area contributed by atoms with Crippen LogP contribution in [0.15, 0.2) is 46.3 Å². The van der Waals surface area contributed by atoms with Gasteiger partial charge in [-0.3, -0.25) is 10.1 Å². The SMILES string of the molecule is CNC(C#N)(CSc1nc(C)cc(=O)[nH]1)c1ccccc1. The zero-order chi connectivity index (χ0) is 15.3. The fourth-order valence-corrected chi connectivity index (χ4v) is 3.08. The number of aryl methyl sites for hydroxylation is 1. The largest absolute Gasteiger partial charge is 0.301 e. The number of H-pyrrole nitrogens is 1. The van der Waals surface area contributed by atoms with Crippen LogP contribution in [0.4, 0.5) is 0 Å². The van der Waals surface area contributed by atoms with Crippen LogP contribution in [0.1, 0.15) is 11.3 Å². The predicted octanol–water partition coefficient (Wildman–Crippen LogP) is 1.81. The standard InChI is InChI=1S/C15H16N4OS/c1-11-8-13(20)19-14(18-11)21-10-15(9-16,17-2)12-6-4-3-5-7-12/h3-8,17H,10H2,1-2H3,(H,18,19,20). The van der Waals surface area contributed by atoms with Crippen LogP contribution in [0.5, 0.6) is 0 Å². The Kier molecular flexibility index (Phi) is 4.78. The Bertz CT molecular complexity index is 708. The lowest BCUT2D eigenvalue weighted by Crippen LogP contribution is -2.41. The van der Waals surface area contributed by atoms with Crippen LogP contribution in [-0.4, -0.2) is 22.8 Å². The lowest BCUT2D eigenvalue weighted by atomic mass is 9.94. The Labute approximate surface area is 127 Å². The van der Waals surface area contributed by atoms with Gasteiger partial charge in [0.25, 0.3) is 5.56 Å². The molecule has 1 atom stereocenters. The first-order chi connectivity index (χ1) is 10.1. The first kappa shape index (κ1) is 15.3. The van der Waals surface area contributed by atoms with E-state index in [1.54, 1.807) is 14.0 Å². The van der Waals surface area contributed by atoms with E-state index in [1.807, 2.05) is 30.3 Å². The van der Waals surface area contributed by atoms with Gasteiger partial charge in [-0.2, -0.15) is 5.26 Å². The van der Waals surface area contributed by atoms with E-state index in [9.17, 15) is 10.1 Å². The first-order valence-electron chi connectivity index (χ1n) is 6.46. The Hall–Kier alpha value is -2.10. The maximum absolute atomic E-state index is 11.5. The topological polar surface area (TPSA) is 81.6 Å². The molecule has 5 nitrogen and oxygen atoms in total. The normalized spacial score (nSPS) is 13.4. The number of hydrogen-bond acceptors (Lipinski definition) is 5. The van der Waals surface area contributed by atoms with E-state index in [4.69, 9.17) is 0 Å². The molecule has 2 rings (SSSR count). The van der Waals surface area contributed by atoms with E-state index in [2.05, 4.69) is 21.4 Å². The second-order valence-corrected chi connectivity index (χ2v) is 5.58. The van der Waals surface area contributed by atoms with Crippen molar-refractivity contribution in [2.24, 2.45) is 0 Å². The highest BCUT2D eigenvalue weighted by Gasteiger charge is 2.30. The van der Waals surface area contributed by atoms with Gasteiger partial charge in [0.2, 0.25) is 0 Å². The summed E-state index contributed by atoms with van der Waals surface area (Å²) in [4.78, 5) is 18.4. The van der Waals surface area contributed by atoms with E-state index in [0.29, 0.717) is 16.6 Å². The molecular formula is C15H16N4OS. The molecule has 1 heterocycles. The third-order valence-electron chi connectivity index (χ3n) is 3.16. The highest BCUT2D eigenvalue weighted by Crippen LogP contribution is 2.27. The van der Waals surface area contributed by atoms with Crippen molar-refractivity contribution >= 4 is 11.8 Å². The molecule has 2 aromatic rings. The van der Waals surface area contributed by atoms with Crippen LogP contribution in [0, 0.1) is 18.3 Å². The second-order valence-electron chi connectivity index (χ2n) is 4.61. The Morgan fingerprint density at radius 3 is 2.71 bits per heavy atom. The number of nitriles is 1. The average molecular weight is 300 g/mol. The van der Waals surface area contributed by atoms with Crippen molar-refractivity contribution in [1.29, 1.82) is 5.26 Å². The summed E-state index contributed by atoms with van der Waals surface area (Å²) >= 11 is 1.35. The molecular weight excluding hydrogens is 284 g/mol. The molecule has 0 fully saturated rings. The van der Waals surface area contributed by atoms with Crippen LogP contribution in [0.3, 0.4) is 0 Å². The Morgan fingerprint density at radius 2 is 2.14 bits per heavy atom. The van der Waals surface area contributed by atoms with E-state index in [-0.39, 0.29) is 5.56 Å². The van der Waals surface area contributed by atoms with Gasteiger partial charge in [-0.1, -0.05) is 42.1 Å². The van der Waals surface area contributed by atoms with Crippen LogP contribution in [0.25, 0.3) is 0 Å². The van der Waals surface area contributed by atoms with Gasteiger partial charge in [0.15, 0.2) is 5.16 Å². The Balaban J connectivity index is 2.25. The molecule has 1 aromatic heterocycles. The van der Waals surface area contributed by atoms with Gasteiger partial charge in [0, 0.05) is 17.5 Å². The minimum Gasteiger partial charge on any atom is -0.301 e. The van der Waals surface area contributed by atoms with Crippen molar-refractivity contribution in [1.82, 2.24) is 15.3 Å². The highest BCUT2D eigenvalue weighted by molar-refractivity contribution is 7.99. The molecule has 0 amide bonds. The van der Waals surface area contributed by atoms with Crippen molar-refractivity contribution in [2.75, 3.05) is 12.8 Å². The molecule has 108 valence electrons. The van der Waals surface area contributed by atoms with Crippen molar-refractivity contribution in [3.8, 4) is 6.07 Å². The van der Waals surface area contributed by atoms with E-state index >= 15 is 0 Å². The summed E-state index contributed by atoms with van der Waals surface area (Å²) in [5, 5.41) is 13.2. The predicted molar refractivity (Wildman–Crippen MR) is 83.1 cm³/mol. The monoisotopic (exact) mass is 300 g/mol. The van der Waals surface area contributed by atoms with Crippen LogP contribution < -0.4 is 10.9 Å². The molecule has 1 aromatic carbocycles. The smallest absolute Gasteiger partial charge is 0.251 e. The fourth-order valence-electron chi connectivity index (χ4n) is 1.97. The lowest BCUT2D eigenvalue weighted by molar-refractivity contribution is 0.527. The maximum Gasteiger partial charge on any atom is 0.251 e. The molecule has 0 aliphatic heterocycles. The molecule has 0 saturated heterocycles. The van der Waals surface area contributed by atoms with E-state index < -0.39 is 5.54 Å². The van der Waals surface area contributed by atoms with Crippen molar-refractivity contribution in [3.63, 3.8) is 0 Å². The van der Waals surface area contributed by atoms with Gasteiger partial charge in [-0.15, -0.1) is 0 Å². The summed E-state index contributed by atoms with van der Waals surface area (Å²) in [5.74, 6) is 0.441. The summed E-state index contributed by atoms with van der Waals surface area (Å²) in [7, 11) is 1.75. The van der Waals surface area contributed by atoms with Crippen molar-refractivity contribution in [3.05, 3.63) is 58.0 Å². The molecule has 2 N–H and O–H groups in total. The van der Waals surface area contributed by atoms with Gasteiger partial charge < -0.3 is 4.98 Å². The quantitative estimate of drug-likeness (QED) is 0.650. The lowest BCUT2D eigenvalue weighted by Gasteiger charge is -2.26. The first-order valence-corrected chi connectivity index (χ1v) is 7.44. The molecule has 0 spiro atoms. The summed E-state index contributed by atoms with van der Waals surface area (Å²) in [6, 6.07) is 13.3. The number of aromatic amines is 1. The zero-order valence-corrected chi connectivity index (χ0v) is 12.7. The number of nitrogens with zero attached hydrogens (tertiary/aromatic N) is 2. The fraction of sp³-hybridized carbons (Fsp3) is 0.267. The third kappa shape index (κ3) is 3.51. The van der Waals surface area contributed by atoms with Crippen molar-refractivity contribution in [2.45, 2.75) is 17.6 Å². The highest BCUT2D eigenvalue weighted by atomic mass is 32.2. The molecule has 21 heavy (non-hydrogen) atoms. The van der Waals surface area contributed by atoms with Crippen LogP contribution in [0.2, 0.25) is 0 Å². The molecule has 1 unspecified atom stereocenters. The number of thioether (sulfide) groups is 1. The van der Waals surface area contributed by atoms with Gasteiger partial charge in [-0.05, 0) is 19.5 Å². The molecule has 0 aliphatic carbocycles. The summed E-state index contributed by atoms with van der Waals surface area (Å²) in [6.07, 6.45) is 0. The van der Waals surface area contributed by atoms with Gasteiger partial charge in [-0.25, -0.2) is 4.98 Å². The van der Waals surface area contributed by atoms with Crippen LogP contribution in [-0.2, 0) is 5.54 Å². The summed E-state index contributed by atoms with van der Waals surface area (Å²) < 4.78 is 0. The number of aromatic nitrogens is 2. The maximum atomic E-state index is 11.5. The number of rotatable bonds is 5. The molecule has 0 aliphatic rings. The van der Waals surface area contributed by atoms with Crippen molar-refractivity contribution < 1.29 is 0 Å².